The van der Waals surface area contributed by atoms with Crippen LogP contribution in [-0.2, 0) is 4.79 Å². The average Bonchev–Trinajstić information content (AvgIpc) is 2.30. The van der Waals surface area contributed by atoms with Crippen LogP contribution in [-0.4, -0.2) is 17.5 Å². The standard InChI is InChI=1S/C18H32N2O/c1-4-5-6-14(19)15(21)20-18-9-13-7-16(2,11-18)10-17(3,8-13)12-18/h13-14H,4-12,19H2,1-3H3,(H,20,21)/t13?,14-,16?,17?,18?/m0/s1. The second-order valence-electron chi connectivity index (χ2n) is 9.15. The highest BCUT2D eigenvalue weighted by atomic mass is 16.2. The number of unbranched alkanes of at least 4 members (excludes halogenated alkanes) is 1. The van der Waals surface area contributed by atoms with E-state index in [-0.39, 0.29) is 17.5 Å². The molecule has 4 saturated carbocycles. The normalized spacial score (nSPS) is 45.6. The second-order valence-corrected chi connectivity index (χ2v) is 9.15. The van der Waals surface area contributed by atoms with E-state index in [1.165, 1.54) is 38.5 Å². The Hall–Kier alpha value is -0.570. The summed E-state index contributed by atoms with van der Waals surface area (Å²) in [5.41, 5.74) is 7.01. The lowest BCUT2D eigenvalue weighted by molar-refractivity contribution is -0.140. The van der Waals surface area contributed by atoms with E-state index in [9.17, 15) is 4.79 Å². The van der Waals surface area contributed by atoms with Gasteiger partial charge in [0, 0.05) is 5.54 Å². The van der Waals surface area contributed by atoms with Gasteiger partial charge < -0.3 is 11.1 Å². The average molecular weight is 292 g/mol. The van der Waals surface area contributed by atoms with Crippen molar-refractivity contribution < 1.29 is 4.79 Å². The van der Waals surface area contributed by atoms with Crippen LogP contribution in [0.2, 0.25) is 0 Å². The summed E-state index contributed by atoms with van der Waals surface area (Å²) in [5, 5.41) is 3.42. The molecule has 0 radical (unpaired) electrons. The number of nitrogens with two attached hydrogens (primary N) is 1. The fourth-order valence-corrected chi connectivity index (χ4v) is 6.50. The third kappa shape index (κ3) is 2.86. The van der Waals surface area contributed by atoms with Gasteiger partial charge in [0.25, 0.3) is 0 Å². The number of rotatable bonds is 5. The van der Waals surface area contributed by atoms with Gasteiger partial charge in [0.05, 0.1) is 6.04 Å². The van der Waals surface area contributed by atoms with Crippen LogP contribution in [0.3, 0.4) is 0 Å². The Bertz CT molecular complexity index is 415. The molecule has 4 rings (SSSR count). The minimum Gasteiger partial charge on any atom is -0.349 e. The molecule has 0 saturated heterocycles. The Labute approximate surface area is 129 Å². The number of carbonyl (C=O) groups is 1. The highest BCUT2D eigenvalue weighted by Crippen LogP contribution is 2.66. The zero-order valence-corrected chi connectivity index (χ0v) is 14.0. The molecule has 0 spiro atoms. The first kappa shape index (κ1) is 15.3. The number of carbonyl (C=O) groups excluding carboxylic acids is 1. The van der Waals surface area contributed by atoms with Crippen molar-refractivity contribution in [1.29, 1.82) is 0 Å². The molecule has 0 aromatic heterocycles. The zero-order valence-electron chi connectivity index (χ0n) is 14.0. The maximum Gasteiger partial charge on any atom is 0.237 e. The highest BCUT2D eigenvalue weighted by molar-refractivity contribution is 5.82. The van der Waals surface area contributed by atoms with Gasteiger partial charge in [-0.05, 0) is 61.7 Å². The SMILES string of the molecule is CCCC[C@H](N)C(=O)NC12CC3CC(C)(CC(C)(C3)C1)C2. The molecule has 4 aliphatic carbocycles. The molecule has 4 fully saturated rings. The lowest BCUT2D eigenvalue weighted by Gasteiger charge is -2.65. The van der Waals surface area contributed by atoms with E-state index in [2.05, 4.69) is 26.1 Å². The Morgan fingerprint density at radius 1 is 1.19 bits per heavy atom. The lowest BCUT2D eigenvalue weighted by atomic mass is 9.43. The lowest BCUT2D eigenvalue weighted by Crippen LogP contribution is -2.66. The number of amides is 1. The van der Waals surface area contributed by atoms with Gasteiger partial charge in [-0.2, -0.15) is 0 Å². The van der Waals surface area contributed by atoms with E-state index < -0.39 is 0 Å². The summed E-state index contributed by atoms with van der Waals surface area (Å²) in [6.45, 7) is 7.02. The Morgan fingerprint density at radius 2 is 1.81 bits per heavy atom. The van der Waals surface area contributed by atoms with Crippen molar-refractivity contribution in [3.63, 3.8) is 0 Å². The fourth-order valence-electron chi connectivity index (χ4n) is 6.50. The van der Waals surface area contributed by atoms with Gasteiger partial charge in [-0.15, -0.1) is 0 Å². The van der Waals surface area contributed by atoms with E-state index in [0.717, 1.165) is 25.2 Å². The smallest absolute Gasteiger partial charge is 0.237 e. The summed E-state index contributed by atoms with van der Waals surface area (Å²) >= 11 is 0. The summed E-state index contributed by atoms with van der Waals surface area (Å²) in [5.74, 6) is 0.904. The summed E-state index contributed by atoms with van der Waals surface area (Å²) < 4.78 is 0. The maximum absolute atomic E-state index is 12.5. The molecule has 0 heterocycles. The molecule has 0 aromatic rings. The van der Waals surface area contributed by atoms with Gasteiger partial charge >= 0.3 is 0 Å². The van der Waals surface area contributed by atoms with Crippen molar-refractivity contribution in [3.05, 3.63) is 0 Å². The molecule has 2 unspecified atom stereocenters. The Balaban J connectivity index is 1.71. The number of nitrogens with one attached hydrogen (secondary N) is 1. The molecule has 120 valence electrons. The predicted octanol–water partition coefficient (Wildman–Crippen LogP) is 3.37. The molecule has 4 aliphatic rings. The summed E-state index contributed by atoms with van der Waals surface area (Å²) in [6.07, 6.45) is 10.5. The van der Waals surface area contributed by atoms with Crippen LogP contribution in [0.5, 0.6) is 0 Å². The third-order valence-corrected chi connectivity index (χ3v) is 6.22. The van der Waals surface area contributed by atoms with Gasteiger partial charge in [-0.25, -0.2) is 0 Å². The summed E-state index contributed by atoms with van der Waals surface area (Å²) in [7, 11) is 0. The van der Waals surface area contributed by atoms with Gasteiger partial charge in [-0.3, -0.25) is 4.79 Å². The largest absolute Gasteiger partial charge is 0.349 e. The van der Waals surface area contributed by atoms with Crippen LogP contribution in [0, 0.1) is 16.7 Å². The summed E-state index contributed by atoms with van der Waals surface area (Å²) in [6, 6.07) is -0.321. The molecule has 21 heavy (non-hydrogen) atoms. The highest BCUT2D eigenvalue weighted by Gasteiger charge is 2.60. The molecule has 4 bridgehead atoms. The zero-order chi connectivity index (χ0) is 15.3. The van der Waals surface area contributed by atoms with Crippen LogP contribution in [0.25, 0.3) is 0 Å². The third-order valence-electron chi connectivity index (χ3n) is 6.22. The van der Waals surface area contributed by atoms with Crippen molar-refractivity contribution in [2.45, 2.75) is 90.1 Å². The van der Waals surface area contributed by atoms with Crippen molar-refractivity contribution in [2.24, 2.45) is 22.5 Å². The first-order valence-electron chi connectivity index (χ1n) is 8.85. The quantitative estimate of drug-likeness (QED) is 0.816. The van der Waals surface area contributed by atoms with Gasteiger partial charge in [0.2, 0.25) is 5.91 Å². The first-order valence-corrected chi connectivity index (χ1v) is 8.85. The van der Waals surface area contributed by atoms with E-state index in [4.69, 9.17) is 5.73 Å². The van der Waals surface area contributed by atoms with E-state index in [1.807, 2.05) is 0 Å². The molecule has 3 heteroatoms. The number of hydrogen-bond acceptors (Lipinski definition) is 2. The Morgan fingerprint density at radius 3 is 2.33 bits per heavy atom. The van der Waals surface area contributed by atoms with Crippen LogP contribution >= 0.6 is 0 Å². The van der Waals surface area contributed by atoms with Crippen LogP contribution in [0.1, 0.15) is 78.6 Å². The minimum atomic E-state index is -0.321. The topological polar surface area (TPSA) is 55.1 Å². The van der Waals surface area contributed by atoms with Crippen LogP contribution in [0.4, 0.5) is 0 Å². The second kappa shape index (κ2) is 4.97. The van der Waals surface area contributed by atoms with Gasteiger partial charge in [0.15, 0.2) is 0 Å². The number of hydrogen-bond donors (Lipinski definition) is 2. The molecule has 0 aromatic carbocycles. The van der Waals surface area contributed by atoms with Crippen LogP contribution in [0.15, 0.2) is 0 Å². The van der Waals surface area contributed by atoms with Crippen molar-refractivity contribution in [1.82, 2.24) is 5.32 Å². The minimum absolute atomic E-state index is 0.0455. The fraction of sp³-hybridized carbons (Fsp3) is 0.944. The predicted molar refractivity (Wildman–Crippen MR) is 85.8 cm³/mol. The molecule has 3 nitrogen and oxygen atoms in total. The molecular formula is C18H32N2O. The molecular weight excluding hydrogens is 260 g/mol. The van der Waals surface area contributed by atoms with Gasteiger partial charge in [-0.1, -0.05) is 33.6 Å². The van der Waals surface area contributed by atoms with E-state index in [1.54, 1.807) is 0 Å². The van der Waals surface area contributed by atoms with E-state index >= 15 is 0 Å². The molecule has 3 N–H and O–H groups in total. The van der Waals surface area contributed by atoms with Crippen molar-refractivity contribution in [2.75, 3.05) is 0 Å². The monoisotopic (exact) mass is 292 g/mol. The van der Waals surface area contributed by atoms with Crippen molar-refractivity contribution >= 4 is 5.91 Å². The van der Waals surface area contributed by atoms with Crippen LogP contribution < -0.4 is 11.1 Å². The molecule has 0 aliphatic heterocycles. The van der Waals surface area contributed by atoms with Crippen molar-refractivity contribution in [3.8, 4) is 0 Å². The van der Waals surface area contributed by atoms with E-state index in [0.29, 0.717) is 10.8 Å². The molecule has 3 atom stereocenters. The summed E-state index contributed by atoms with van der Waals surface area (Å²) in [4.78, 5) is 12.5. The maximum atomic E-state index is 12.5. The Kier molecular flexibility index (Phi) is 3.63. The molecule has 1 amide bonds. The van der Waals surface area contributed by atoms with Gasteiger partial charge in [0.1, 0.15) is 0 Å². The first-order chi connectivity index (χ1) is 9.77.